The minimum absolute atomic E-state index is 0. The third-order valence-corrected chi connectivity index (χ3v) is 7.36. The van der Waals surface area contributed by atoms with Crippen LogP contribution in [0.1, 0.15) is 48.1 Å². The molecule has 0 bridgehead atoms. The molecule has 0 saturated heterocycles. The van der Waals surface area contributed by atoms with Crippen LogP contribution in [0.5, 0.6) is 0 Å². The van der Waals surface area contributed by atoms with Crippen molar-refractivity contribution in [3.8, 4) is 0 Å². The Labute approximate surface area is 183 Å². The maximum absolute atomic E-state index is 13.5. The van der Waals surface area contributed by atoms with Gasteiger partial charge < -0.3 is 0 Å². The number of carbonyl (C=O) groups excluding carboxylic acids is 2. The Morgan fingerprint density at radius 2 is 1.97 bits per heavy atom. The Bertz CT molecular complexity index is 1290. The summed E-state index contributed by atoms with van der Waals surface area (Å²) in [6.45, 7) is 0. The van der Waals surface area contributed by atoms with Crippen molar-refractivity contribution in [3.63, 3.8) is 0 Å². The topological polar surface area (TPSA) is 47.0 Å². The number of benzene rings is 2. The van der Waals surface area contributed by atoms with Gasteiger partial charge >= 0.3 is 0 Å². The first-order chi connectivity index (χ1) is 15.2. The fourth-order valence-corrected chi connectivity index (χ4v) is 5.80. The van der Waals surface area contributed by atoms with E-state index in [0.29, 0.717) is 6.42 Å². The number of allylic oxidation sites excluding steroid dienone is 4. The average Bonchev–Trinajstić information content (AvgIpc) is 3.54. The summed E-state index contributed by atoms with van der Waals surface area (Å²) in [7, 11) is 0. The highest BCUT2D eigenvalue weighted by atomic mass is 16.1. The predicted octanol–water partition coefficient (Wildman–Crippen LogP) is 5.86. The molecule has 0 amide bonds. The van der Waals surface area contributed by atoms with Gasteiger partial charge in [0.15, 0.2) is 11.6 Å². The molecule has 1 spiro atoms. The zero-order valence-corrected chi connectivity index (χ0v) is 17.3. The molecule has 2 aromatic carbocycles. The van der Waals surface area contributed by atoms with Crippen LogP contribution in [0.3, 0.4) is 0 Å². The first-order valence-electron chi connectivity index (χ1n) is 11.1. The van der Waals surface area contributed by atoms with Crippen LogP contribution in [0, 0.1) is 11.3 Å². The molecule has 3 aliphatic carbocycles. The summed E-state index contributed by atoms with van der Waals surface area (Å²) in [5.74, 6) is 0.402. The van der Waals surface area contributed by atoms with E-state index in [2.05, 4.69) is 29.2 Å². The second-order valence-corrected chi connectivity index (χ2v) is 9.03. The molecule has 3 heteroatoms. The van der Waals surface area contributed by atoms with Crippen molar-refractivity contribution in [1.82, 2.24) is 4.98 Å². The number of fused-ring (bicyclic) bond motifs is 3. The fourth-order valence-electron chi connectivity index (χ4n) is 5.80. The normalized spacial score (nSPS) is 25.4. The van der Waals surface area contributed by atoms with Crippen molar-refractivity contribution in [1.29, 1.82) is 0 Å². The van der Waals surface area contributed by atoms with Crippen molar-refractivity contribution < 1.29 is 11.0 Å². The number of pyridine rings is 1. The smallest absolute Gasteiger partial charge is 0.170 e. The molecular formula is C28H25NO2. The maximum Gasteiger partial charge on any atom is 0.170 e. The molecule has 0 N–H and O–H groups in total. The van der Waals surface area contributed by atoms with Crippen LogP contribution in [-0.2, 0) is 11.2 Å². The molecule has 6 rings (SSSR count). The maximum atomic E-state index is 13.5. The zero-order valence-electron chi connectivity index (χ0n) is 17.3. The van der Waals surface area contributed by atoms with Gasteiger partial charge in [-0.05, 0) is 59.2 Å². The van der Waals surface area contributed by atoms with E-state index in [4.69, 9.17) is 0 Å². The van der Waals surface area contributed by atoms with Gasteiger partial charge in [0.25, 0.3) is 0 Å². The molecule has 1 aromatic heterocycles. The van der Waals surface area contributed by atoms with Crippen molar-refractivity contribution >= 4 is 22.3 Å². The van der Waals surface area contributed by atoms with E-state index < -0.39 is 0 Å². The minimum atomic E-state index is -0.327. The van der Waals surface area contributed by atoms with E-state index in [9.17, 15) is 9.59 Å². The number of aromatic nitrogens is 1. The second-order valence-electron chi connectivity index (χ2n) is 9.03. The number of rotatable bonds is 5. The molecule has 31 heavy (non-hydrogen) atoms. The standard InChI is InChI=1S/C28H23NO2.H2/c30-26(12-3-6-18-7-5-13-29-17-18)23-10-4-11-24-27(31)22-15-20-9-2-1-8-19(20)14-21(22)25-16-28(23,24)25;/h1-2,4-5,7-11,13-15,17,24-25H,3,6,12,16H2;1H. The van der Waals surface area contributed by atoms with E-state index in [1.165, 1.54) is 0 Å². The summed E-state index contributed by atoms with van der Waals surface area (Å²) in [6.07, 6.45) is 12.6. The molecule has 3 aromatic rings. The SMILES string of the molecule is O=C(CCCc1cccnc1)C1=CC=CC2C(=O)c3cc4ccccc4cc3C3CC123.[HH]. The first kappa shape index (κ1) is 18.4. The summed E-state index contributed by atoms with van der Waals surface area (Å²) in [5.41, 5.74) is 3.67. The van der Waals surface area contributed by atoms with Crippen molar-refractivity contribution in [2.75, 3.05) is 0 Å². The number of nitrogens with zero attached hydrogens (tertiary/aromatic N) is 1. The summed E-state index contributed by atoms with van der Waals surface area (Å²) in [5, 5.41) is 2.26. The lowest BCUT2D eigenvalue weighted by molar-refractivity contribution is -0.116. The number of hydrogen-bond acceptors (Lipinski definition) is 3. The highest BCUT2D eigenvalue weighted by molar-refractivity contribution is 6.09. The Balaban J connectivity index is 0.00000216. The van der Waals surface area contributed by atoms with E-state index >= 15 is 0 Å². The molecule has 1 fully saturated rings. The Morgan fingerprint density at radius 3 is 2.77 bits per heavy atom. The third kappa shape index (κ3) is 2.76. The number of carbonyl (C=O) groups is 2. The summed E-state index contributed by atoms with van der Waals surface area (Å²) >= 11 is 0. The molecule has 154 valence electrons. The average molecular weight is 408 g/mol. The lowest BCUT2D eigenvalue weighted by Crippen LogP contribution is -2.35. The van der Waals surface area contributed by atoms with E-state index in [1.807, 2.05) is 48.7 Å². The molecule has 1 saturated carbocycles. The molecule has 1 heterocycles. The highest BCUT2D eigenvalue weighted by Gasteiger charge is 2.67. The monoisotopic (exact) mass is 407 g/mol. The van der Waals surface area contributed by atoms with Gasteiger partial charge in [0.1, 0.15) is 0 Å². The van der Waals surface area contributed by atoms with Gasteiger partial charge in [0.05, 0.1) is 5.92 Å². The molecular weight excluding hydrogens is 382 g/mol. The van der Waals surface area contributed by atoms with E-state index in [0.717, 1.165) is 52.3 Å². The van der Waals surface area contributed by atoms with Gasteiger partial charge in [-0.15, -0.1) is 0 Å². The van der Waals surface area contributed by atoms with Gasteiger partial charge in [0, 0.05) is 36.8 Å². The molecule has 0 radical (unpaired) electrons. The van der Waals surface area contributed by atoms with Crippen LogP contribution in [0.15, 0.2) is 84.7 Å². The van der Waals surface area contributed by atoms with Crippen LogP contribution in [0.2, 0.25) is 0 Å². The lowest BCUT2D eigenvalue weighted by Gasteiger charge is -2.34. The van der Waals surface area contributed by atoms with E-state index in [1.54, 1.807) is 6.20 Å². The molecule has 0 aliphatic heterocycles. The Kier molecular flexibility index (Phi) is 4.07. The van der Waals surface area contributed by atoms with Gasteiger partial charge in [-0.25, -0.2) is 0 Å². The third-order valence-electron chi connectivity index (χ3n) is 7.36. The first-order valence-corrected chi connectivity index (χ1v) is 11.1. The number of hydrogen-bond donors (Lipinski definition) is 0. The van der Waals surface area contributed by atoms with Gasteiger partial charge in [0.2, 0.25) is 0 Å². The summed E-state index contributed by atoms with van der Waals surface area (Å²) in [6, 6.07) is 16.4. The Hall–Kier alpha value is -3.33. The van der Waals surface area contributed by atoms with Crippen LogP contribution in [-0.4, -0.2) is 16.6 Å². The van der Waals surface area contributed by atoms with Gasteiger partial charge in [-0.3, -0.25) is 14.6 Å². The summed E-state index contributed by atoms with van der Waals surface area (Å²) in [4.78, 5) is 30.9. The second kappa shape index (κ2) is 6.84. The van der Waals surface area contributed by atoms with Crippen LogP contribution >= 0.6 is 0 Å². The number of ketones is 2. The zero-order chi connectivity index (χ0) is 21.0. The molecule has 3 aliphatic rings. The molecule has 3 atom stereocenters. The predicted molar refractivity (Wildman–Crippen MR) is 123 cm³/mol. The number of Topliss-reactive ketones (excluding diaryl/α,β-unsaturated/α-hetero) is 2. The number of aryl methyl sites for hydroxylation is 1. The lowest BCUT2D eigenvalue weighted by atomic mass is 9.67. The van der Waals surface area contributed by atoms with Crippen molar-refractivity contribution in [3.05, 3.63) is 101 Å². The Morgan fingerprint density at radius 1 is 1.13 bits per heavy atom. The fraction of sp³-hybridized carbons (Fsp3) is 0.250. The van der Waals surface area contributed by atoms with Gasteiger partial charge in [-0.2, -0.15) is 0 Å². The highest BCUT2D eigenvalue weighted by Crippen LogP contribution is 2.72. The molecule has 3 nitrogen and oxygen atoms in total. The minimum Gasteiger partial charge on any atom is -0.295 e. The van der Waals surface area contributed by atoms with Crippen LogP contribution < -0.4 is 0 Å². The van der Waals surface area contributed by atoms with Crippen molar-refractivity contribution in [2.45, 2.75) is 31.6 Å². The molecule has 3 unspecified atom stereocenters. The van der Waals surface area contributed by atoms with Crippen molar-refractivity contribution in [2.24, 2.45) is 11.3 Å². The quantitative estimate of drug-likeness (QED) is 0.533. The van der Waals surface area contributed by atoms with E-state index in [-0.39, 0.29) is 30.2 Å². The summed E-state index contributed by atoms with van der Waals surface area (Å²) < 4.78 is 0. The van der Waals surface area contributed by atoms with Gasteiger partial charge in [-0.1, -0.05) is 54.6 Å². The largest absolute Gasteiger partial charge is 0.295 e. The van der Waals surface area contributed by atoms with Crippen LogP contribution in [0.25, 0.3) is 10.8 Å². The van der Waals surface area contributed by atoms with Crippen LogP contribution in [0.4, 0.5) is 0 Å².